The van der Waals surface area contributed by atoms with E-state index in [9.17, 15) is 0 Å². The molecule has 12 heavy (non-hydrogen) atoms. The lowest BCUT2D eigenvalue weighted by Gasteiger charge is -2.06. The van der Waals surface area contributed by atoms with Crippen LogP contribution in [0.25, 0.3) is 0 Å². The van der Waals surface area contributed by atoms with Gasteiger partial charge in [0.05, 0.1) is 12.7 Å². The summed E-state index contributed by atoms with van der Waals surface area (Å²) in [5, 5.41) is 17.7. The van der Waals surface area contributed by atoms with Crippen molar-refractivity contribution >= 4 is 0 Å². The van der Waals surface area contributed by atoms with Gasteiger partial charge in [-0.05, 0) is 12.5 Å². The molecule has 2 N–H and O–H groups in total. The van der Waals surface area contributed by atoms with Crippen LogP contribution in [0.3, 0.4) is 0 Å². The predicted molar refractivity (Wildman–Crippen MR) is 48.0 cm³/mol. The van der Waals surface area contributed by atoms with Crippen LogP contribution in [0.15, 0.2) is 24.3 Å². The van der Waals surface area contributed by atoms with E-state index in [1.165, 1.54) is 5.56 Å². The molecule has 1 rings (SSSR count). The highest BCUT2D eigenvalue weighted by Gasteiger charge is 2.02. The lowest BCUT2D eigenvalue weighted by atomic mass is 10.1. The van der Waals surface area contributed by atoms with Gasteiger partial charge in [0.25, 0.3) is 0 Å². The van der Waals surface area contributed by atoms with Crippen molar-refractivity contribution in [2.75, 3.05) is 6.61 Å². The van der Waals surface area contributed by atoms with Crippen molar-refractivity contribution in [2.45, 2.75) is 19.4 Å². The van der Waals surface area contributed by atoms with Gasteiger partial charge in [-0.15, -0.1) is 0 Å². The SMILES string of the molecule is Cc1ccc(CC(O)CO)cc1. The van der Waals surface area contributed by atoms with Crippen molar-refractivity contribution in [1.29, 1.82) is 0 Å². The molecule has 0 fully saturated rings. The fraction of sp³-hybridized carbons (Fsp3) is 0.400. The minimum atomic E-state index is -0.632. The molecule has 0 radical (unpaired) electrons. The second-order valence-electron chi connectivity index (χ2n) is 3.03. The van der Waals surface area contributed by atoms with Gasteiger partial charge in [-0.25, -0.2) is 0 Å². The van der Waals surface area contributed by atoms with Crippen molar-refractivity contribution in [3.05, 3.63) is 35.4 Å². The zero-order chi connectivity index (χ0) is 8.97. The molecule has 0 aliphatic heterocycles. The van der Waals surface area contributed by atoms with Gasteiger partial charge in [0.2, 0.25) is 0 Å². The topological polar surface area (TPSA) is 40.5 Å². The molecule has 0 saturated carbocycles. The van der Waals surface area contributed by atoms with Crippen molar-refractivity contribution < 1.29 is 10.2 Å². The summed E-state index contributed by atoms with van der Waals surface area (Å²) in [6, 6.07) is 7.93. The first-order valence-electron chi connectivity index (χ1n) is 4.07. The summed E-state index contributed by atoms with van der Waals surface area (Å²) in [5.41, 5.74) is 2.26. The van der Waals surface area contributed by atoms with E-state index >= 15 is 0 Å². The van der Waals surface area contributed by atoms with Crippen LogP contribution in [0.2, 0.25) is 0 Å². The Morgan fingerprint density at radius 3 is 2.33 bits per heavy atom. The summed E-state index contributed by atoms with van der Waals surface area (Å²) in [7, 11) is 0. The Morgan fingerprint density at radius 1 is 1.25 bits per heavy atom. The number of aryl methyl sites for hydroxylation is 1. The van der Waals surface area contributed by atoms with E-state index in [4.69, 9.17) is 10.2 Å². The first kappa shape index (κ1) is 9.23. The van der Waals surface area contributed by atoms with E-state index in [1.807, 2.05) is 31.2 Å². The molecule has 0 aliphatic carbocycles. The molecule has 0 spiro atoms. The molecule has 0 amide bonds. The average molecular weight is 166 g/mol. The van der Waals surface area contributed by atoms with E-state index in [0.29, 0.717) is 6.42 Å². The van der Waals surface area contributed by atoms with Gasteiger partial charge in [-0.2, -0.15) is 0 Å². The molecule has 66 valence electrons. The highest BCUT2D eigenvalue weighted by atomic mass is 16.3. The fourth-order valence-corrected chi connectivity index (χ4v) is 1.06. The Balaban J connectivity index is 2.58. The zero-order valence-electron chi connectivity index (χ0n) is 7.20. The third-order valence-corrected chi connectivity index (χ3v) is 1.80. The molecule has 1 aromatic carbocycles. The van der Waals surface area contributed by atoms with E-state index in [-0.39, 0.29) is 6.61 Å². The molecule has 0 aromatic heterocycles. The smallest absolute Gasteiger partial charge is 0.0811 e. The van der Waals surface area contributed by atoms with Crippen LogP contribution in [0, 0.1) is 6.92 Å². The Morgan fingerprint density at radius 2 is 1.83 bits per heavy atom. The number of hydrogen-bond acceptors (Lipinski definition) is 2. The van der Waals surface area contributed by atoms with E-state index < -0.39 is 6.10 Å². The molecule has 0 aliphatic rings. The Labute approximate surface area is 72.5 Å². The van der Waals surface area contributed by atoms with E-state index in [2.05, 4.69) is 0 Å². The van der Waals surface area contributed by atoms with Crippen molar-refractivity contribution in [2.24, 2.45) is 0 Å². The van der Waals surface area contributed by atoms with Crippen LogP contribution in [-0.2, 0) is 6.42 Å². The normalized spacial score (nSPS) is 12.9. The van der Waals surface area contributed by atoms with Crippen LogP contribution in [-0.4, -0.2) is 22.9 Å². The van der Waals surface area contributed by atoms with Crippen LogP contribution >= 0.6 is 0 Å². The van der Waals surface area contributed by atoms with Crippen molar-refractivity contribution in [3.8, 4) is 0 Å². The first-order valence-corrected chi connectivity index (χ1v) is 4.07. The van der Waals surface area contributed by atoms with Gasteiger partial charge in [0.15, 0.2) is 0 Å². The largest absolute Gasteiger partial charge is 0.394 e. The van der Waals surface area contributed by atoms with Gasteiger partial charge in [0, 0.05) is 6.42 Å². The molecule has 0 heterocycles. The standard InChI is InChI=1S/C10H14O2/c1-8-2-4-9(5-3-8)6-10(12)7-11/h2-5,10-12H,6-7H2,1H3. The maximum Gasteiger partial charge on any atom is 0.0811 e. The van der Waals surface area contributed by atoms with Crippen molar-refractivity contribution in [3.63, 3.8) is 0 Å². The van der Waals surface area contributed by atoms with Crippen molar-refractivity contribution in [1.82, 2.24) is 0 Å². The third-order valence-electron chi connectivity index (χ3n) is 1.80. The van der Waals surface area contributed by atoms with Crippen LogP contribution in [0.1, 0.15) is 11.1 Å². The molecule has 1 unspecified atom stereocenters. The minimum absolute atomic E-state index is 0.173. The van der Waals surface area contributed by atoms with Gasteiger partial charge < -0.3 is 10.2 Å². The second-order valence-corrected chi connectivity index (χ2v) is 3.03. The minimum Gasteiger partial charge on any atom is -0.394 e. The maximum absolute atomic E-state index is 9.13. The summed E-state index contributed by atoms with van der Waals surface area (Å²) >= 11 is 0. The Kier molecular flexibility index (Phi) is 3.26. The second kappa shape index (κ2) is 4.24. The number of rotatable bonds is 3. The number of aliphatic hydroxyl groups excluding tert-OH is 2. The summed E-state index contributed by atoms with van der Waals surface area (Å²) in [6.07, 6.45) is -0.107. The average Bonchev–Trinajstić information content (AvgIpc) is 2.09. The van der Waals surface area contributed by atoms with Gasteiger partial charge >= 0.3 is 0 Å². The maximum atomic E-state index is 9.13. The molecule has 2 heteroatoms. The highest BCUT2D eigenvalue weighted by Crippen LogP contribution is 2.05. The summed E-state index contributed by atoms with van der Waals surface area (Å²) in [4.78, 5) is 0. The highest BCUT2D eigenvalue weighted by molar-refractivity contribution is 5.21. The molecule has 0 bridgehead atoms. The summed E-state index contributed by atoms with van der Waals surface area (Å²) in [5.74, 6) is 0. The number of hydrogen-bond donors (Lipinski definition) is 2. The molecular formula is C10H14O2. The van der Waals surface area contributed by atoms with Gasteiger partial charge in [0.1, 0.15) is 0 Å². The molecule has 1 aromatic rings. The Bertz CT molecular complexity index is 228. The van der Waals surface area contributed by atoms with Crippen LogP contribution in [0.4, 0.5) is 0 Å². The monoisotopic (exact) mass is 166 g/mol. The van der Waals surface area contributed by atoms with E-state index in [1.54, 1.807) is 0 Å². The quantitative estimate of drug-likeness (QED) is 0.700. The third kappa shape index (κ3) is 2.64. The fourth-order valence-electron chi connectivity index (χ4n) is 1.06. The Hall–Kier alpha value is -0.860. The molecular weight excluding hydrogens is 152 g/mol. The summed E-state index contributed by atoms with van der Waals surface area (Å²) < 4.78 is 0. The van der Waals surface area contributed by atoms with Crippen LogP contribution in [0.5, 0.6) is 0 Å². The lowest BCUT2D eigenvalue weighted by molar-refractivity contribution is 0.0955. The lowest BCUT2D eigenvalue weighted by Crippen LogP contribution is -2.14. The predicted octanol–water partition coefficient (Wildman–Crippen LogP) is 0.891. The summed E-state index contributed by atoms with van der Waals surface area (Å²) in [6.45, 7) is 1.85. The van der Waals surface area contributed by atoms with Gasteiger partial charge in [-0.1, -0.05) is 29.8 Å². The van der Waals surface area contributed by atoms with E-state index in [0.717, 1.165) is 5.56 Å². The van der Waals surface area contributed by atoms with Crippen LogP contribution < -0.4 is 0 Å². The molecule has 2 nitrogen and oxygen atoms in total. The number of aliphatic hydroxyl groups is 2. The molecule has 0 saturated heterocycles. The zero-order valence-corrected chi connectivity index (χ0v) is 7.20. The molecule has 1 atom stereocenters. The number of benzene rings is 1. The first-order chi connectivity index (χ1) is 5.72. The van der Waals surface area contributed by atoms with Gasteiger partial charge in [-0.3, -0.25) is 0 Å².